The number of phosphoric ester groups is 1. The van der Waals surface area contributed by atoms with E-state index < -0.39 is 19.9 Å². The number of hydrogen-bond acceptors (Lipinski definition) is 7. The molecule has 0 fully saturated rings. The van der Waals surface area contributed by atoms with Crippen LogP contribution in [-0.2, 0) is 27.9 Å². The number of carbonyl (C=O) groups is 1. The van der Waals surface area contributed by atoms with Crippen LogP contribution in [-0.4, -0.2) is 43.3 Å². The Morgan fingerprint density at radius 2 is 1.10 bits per heavy atom. The Morgan fingerprint density at radius 1 is 0.615 bits per heavy atom. The van der Waals surface area contributed by atoms with Gasteiger partial charge in [-0.25, -0.2) is 4.57 Å². The SMILES string of the molecule is CC/C=C/C/C=C/C/C=C/C/C=C/C/C=C/C/C=C/CCC(=O)O[C@H](CO/C=C/CCCCCCCCCCCCCC)COP(=O)(O)OCCN. The monoisotopic (exact) mass is 748 g/mol. The van der Waals surface area contributed by atoms with E-state index in [1.807, 2.05) is 18.2 Å². The van der Waals surface area contributed by atoms with Gasteiger partial charge in [0.05, 0.1) is 19.5 Å². The molecule has 0 amide bonds. The lowest BCUT2D eigenvalue weighted by Crippen LogP contribution is -2.27. The van der Waals surface area contributed by atoms with Crippen LogP contribution in [0.2, 0.25) is 0 Å². The van der Waals surface area contributed by atoms with Gasteiger partial charge in [-0.05, 0) is 63.9 Å². The van der Waals surface area contributed by atoms with E-state index in [-0.39, 0.29) is 32.8 Å². The molecule has 0 aliphatic carbocycles. The van der Waals surface area contributed by atoms with E-state index in [4.69, 9.17) is 24.3 Å². The summed E-state index contributed by atoms with van der Waals surface area (Å²) in [6.07, 6.45) is 51.3. The zero-order chi connectivity index (χ0) is 38.1. The van der Waals surface area contributed by atoms with Gasteiger partial charge in [0.15, 0.2) is 6.10 Å². The molecule has 0 spiro atoms. The van der Waals surface area contributed by atoms with Gasteiger partial charge in [-0.15, -0.1) is 0 Å². The summed E-state index contributed by atoms with van der Waals surface area (Å²) in [4.78, 5) is 22.4. The number of nitrogens with two attached hydrogens (primary N) is 1. The zero-order valence-corrected chi connectivity index (χ0v) is 33.7. The predicted octanol–water partition coefficient (Wildman–Crippen LogP) is 12.1. The van der Waals surface area contributed by atoms with Gasteiger partial charge in [-0.3, -0.25) is 13.8 Å². The number of esters is 1. The molecule has 0 radical (unpaired) electrons. The van der Waals surface area contributed by atoms with Crippen LogP contribution in [0.3, 0.4) is 0 Å². The van der Waals surface area contributed by atoms with Crippen molar-refractivity contribution in [3.63, 3.8) is 0 Å². The average molecular weight is 748 g/mol. The third kappa shape index (κ3) is 38.7. The first-order chi connectivity index (χ1) is 25.4. The molecule has 298 valence electrons. The molecule has 8 nitrogen and oxygen atoms in total. The number of carbonyl (C=O) groups excluding carboxylic acids is 1. The minimum absolute atomic E-state index is 0.00250. The molecule has 0 aromatic carbocycles. The Labute approximate surface area is 318 Å². The van der Waals surface area contributed by atoms with Crippen molar-refractivity contribution in [1.29, 1.82) is 0 Å². The van der Waals surface area contributed by atoms with Gasteiger partial charge >= 0.3 is 13.8 Å². The Bertz CT molecular complexity index is 1060. The van der Waals surface area contributed by atoms with Crippen LogP contribution in [0.5, 0.6) is 0 Å². The summed E-state index contributed by atoms with van der Waals surface area (Å²) in [6.45, 7) is 4.02. The van der Waals surface area contributed by atoms with Crippen molar-refractivity contribution in [2.45, 2.75) is 155 Å². The molecular formula is C43H74NO7P. The maximum Gasteiger partial charge on any atom is 0.472 e. The molecular weight excluding hydrogens is 673 g/mol. The number of allylic oxidation sites excluding steroid dienone is 13. The number of phosphoric acid groups is 1. The number of hydrogen-bond donors (Lipinski definition) is 2. The van der Waals surface area contributed by atoms with Crippen molar-refractivity contribution in [2.75, 3.05) is 26.4 Å². The molecule has 0 saturated carbocycles. The summed E-state index contributed by atoms with van der Waals surface area (Å²) in [5.74, 6) is -0.437. The van der Waals surface area contributed by atoms with Crippen LogP contribution >= 0.6 is 7.82 Å². The second-order valence-corrected chi connectivity index (χ2v) is 14.3. The third-order valence-electron chi connectivity index (χ3n) is 7.90. The smallest absolute Gasteiger partial charge is 0.472 e. The first kappa shape index (κ1) is 49.5. The van der Waals surface area contributed by atoms with Crippen molar-refractivity contribution in [2.24, 2.45) is 5.73 Å². The Balaban J connectivity index is 4.28. The molecule has 0 heterocycles. The highest BCUT2D eigenvalue weighted by Gasteiger charge is 2.25. The van der Waals surface area contributed by atoms with Gasteiger partial charge in [-0.1, -0.05) is 157 Å². The lowest BCUT2D eigenvalue weighted by atomic mass is 10.0. The highest BCUT2D eigenvalue weighted by Crippen LogP contribution is 2.43. The topological polar surface area (TPSA) is 117 Å². The molecule has 0 aromatic heterocycles. The van der Waals surface area contributed by atoms with Gasteiger partial charge in [0.2, 0.25) is 0 Å². The molecule has 1 unspecified atom stereocenters. The van der Waals surface area contributed by atoms with E-state index in [1.54, 1.807) is 6.26 Å². The highest BCUT2D eigenvalue weighted by atomic mass is 31.2. The van der Waals surface area contributed by atoms with Crippen molar-refractivity contribution in [1.82, 2.24) is 0 Å². The molecule has 0 rings (SSSR count). The van der Waals surface area contributed by atoms with E-state index in [1.165, 1.54) is 70.6 Å². The van der Waals surface area contributed by atoms with Crippen molar-refractivity contribution < 1.29 is 32.8 Å². The van der Waals surface area contributed by atoms with E-state index in [9.17, 15) is 14.3 Å². The van der Waals surface area contributed by atoms with Crippen LogP contribution in [0.15, 0.2) is 85.3 Å². The lowest BCUT2D eigenvalue weighted by molar-refractivity contribution is -0.153. The van der Waals surface area contributed by atoms with E-state index in [0.717, 1.165) is 51.4 Å². The largest absolute Gasteiger partial charge is 0.498 e. The third-order valence-corrected chi connectivity index (χ3v) is 8.89. The maximum atomic E-state index is 12.5. The van der Waals surface area contributed by atoms with Gasteiger partial charge in [0.25, 0.3) is 0 Å². The van der Waals surface area contributed by atoms with Crippen LogP contribution in [0, 0.1) is 0 Å². The second kappa shape index (κ2) is 39.7. The van der Waals surface area contributed by atoms with Gasteiger partial charge in [-0.2, -0.15) is 0 Å². The lowest BCUT2D eigenvalue weighted by Gasteiger charge is -2.19. The van der Waals surface area contributed by atoms with Crippen molar-refractivity contribution >= 4 is 13.8 Å². The zero-order valence-electron chi connectivity index (χ0n) is 32.8. The van der Waals surface area contributed by atoms with Crippen molar-refractivity contribution in [3.05, 3.63) is 85.3 Å². The standard InChI is InChI=1S/C43H74NO7P/c1-3-5-7-9-11-13-15-17-19-20-21-22-23-24-26-28-30-32-34-36-43(45)51-42(41-50-52(46,47)49-39-37-44)40-48-38-35-33-31-29-27-25-18-16-14-12-10-8-6-4-2/h5,7,11,13,17,19,21-22,24,26,30,32,35,38,42H,3-4,6,8-10,12,14-16,18,20,23,25,27-29,31,33-34,36-37,39-41,44H2,1-2H3,(H,46,47)/b7-5+,13-11+,19-17+,22-21+,26-24+,32-30+,38-35+/t42-/m1/s1. The average Bonchev–Trinajstić information content (AvgIpc) is 3.13. The highest BCUT2D eigenvalue weighted by molar-refractivity contribution is 7.47. The minimum Gasteiger partial charge on any atom is -0.498 e. The second-order valence-electron chi connectivity index (χ2n) is 12.8. The van der Waals surface area contributed by atoms with Crippen LogP contribution in [0.4, 0.5) is 0 Å². The summed E-state index contributed by atoms with van der Waals surface area (Å²) in [7, 11) is -4.31. The fourth-order valence-electron chi connectivity index (χ4n) is 4.99. The Morgan fingerprint density at radius 3 is 1.60 bits per heavy atom. The molecule has 0 saturated heterocycles. The van der Waals surface area contributed by atoms with Gasteiger partial charge in [0, 0.05) is 13.0 Å². The molecule has 0 bridgehead atoms. The normalized spacial score (nSPS) is 14.4. The van der Waals surface area contributed by atoms with E-state index >= 15 is 0 Å². The molecule has 52 heavy (non-hydrogen) atoms. The fraction of sp³-hybridized carbons (Fsp3) is 0.651. The minimum atomic E-state index is -4.31. The maximum absolute atomic E-state index is 12.5. The summed E-state index contributed by atoms with van der Waals surface area (Å²) < 4.78 is 33.0. The Kier molecular flexibility index (Phi) is 37.8. The molecule has 0 aromatic rings. The van der Waals surface area contributed by atoms with E-state index in [2.05, 4.69) is 74.6 Å². The molecule has 0 aliphatic rings. The fourth-order valence-corrected chi connectivity index (χ4v) is 5.75. The summed E-state index contributed by atoms with van der Waals surface area (Å²) >= 11 is 0. The van der Waals surface area contributed by atoms with E-state index in [0.29, 0.717) is 6.42 Å². The van der Waals surface area contributed by atoms with Crippen LogP contribution in [0.1, 0.15) is 149 Å². The molecule has 2 atom stereocenters. The van der Waals surface area contributed by atoms with Gasteiger partial charge in [0.1, 0.15) is 6.61 Å². The molecule has 9 heteroatoms. The van der Waals surface area contributed by atoms with Crippen LogP contribution in [0.25, 0.3) is 0 Å². The first-order valence-corrected chi connectivity index (χ1v) is 21.6. The Hall–Kier alpha value is -2.48. The summed E-state index contributed by atoms with van der Waals surface area (Å²) in [5.41, 5.74) is 5.35. The summed E-state index contributed by atoms with van der Waals surface area (Å²) in [6, 6.07) is 0. The van der Waals surface area contributed by atoms with Gasteiger partial charge < -0.3 is 20.1 Å². The van der Waals surface area contributed by atoms with Crippen LogP contribution < -0.4 is 5.73 Å². The quantitative estimate of drug-likeness (QED) is 0.0212. The first-order valence-electron chi connectivity index (χ1n) is 20.1. The predicted molar refractivity (Wildman–Crippen MR) is 219 cm³/mol. The number of ether oxygens (including phenoxy) is 2. The summed E-state index contributed by atoms with van der Waals surface area (Å²) in [5, 5.41) is 0. The molecule has 3 N–H and O–H groups in total. The molecule has 0 aliphatic heterocycles. The number of rotatable bonds is 37. The number of unbranched alkanes of at least 4 members (excludes halogenated alkanes) is 12. The van der Waals surface area contributed by atoms with Crippen molar-refractivity contribution in [3.8, 4) is 0 Å².